The molecule has 2 aromatic carbocycles. The molecule has 0 unspecified atom stereocenters. The van der Waals surface area contributed by atoms with Crippen LogP contribution >= 0.6 is 0 Å². The molecule has 0 amide bonds. The molecule has 9 heteroatoms. The van der Waals surface area contributed by atoms with Gasteiger partial charge in [0.2, 0.25) is 5.95 Å². The van der Waals surface area contributed by atoms with Gasteiger partial charge >= 0.3 is 0 Å². The van der Waals surface area contributed by atoms with E-state index in [-0.39, 0.29) is 0 Å². The van der Waals surface area contributed by atoms with E-state index in [1.165, 1.54) is 0 Å². The van der Waals surface area contributed by atoms with Gasteiger partial charge in [0.1, 0.15) is 0 Å². The number of rotatable bonds is 9. The molecule has 0 fully saturated rings. The fourth-order valence-electron chi connectivity index (χ4n) is 4.29. The Labute approximate surface area is 205 Å². The lowest BCUT2D eigenvalue weighted by Crippen LogP contribution is -2.39. The number of fused-ring (bicyclic) bond motifs is 1. The molecule has 35 heavy (non-hydrogen) atoms. The van der Waals surface area contributed by atoms with E-state index in [0.717, 1.165) is 40.8 Å². The van der Waals surface area contributed by atoms with Crippen LogP contribution in [0.15, 0.2) is 36.4 Å². The van der Waals surface area contributed by atoms with E-state index in [1.54, 1.807) is 28.4 Å². The van der Waals surface area contributed by atoms with Gasteiger partial charge in [-0.2, -0.15) is 4.98 Å². The minimum Gasteiger partial charge on any atom is -0.493 e. The van der Waals surface area contributed by atoms with Crippen LogP contribution in [0.2, 0.25) is 0 Å². The normalized spacial score (nSPS) is 10.9. The van der Waals surface area contributed by atoms with Crippen LogP contribution in [0.3, 0.4) is 0 Å². The highest BCUT2D eigenvalue weighted by molar-refractivity contribution is 5.96. The molecule has 184 valence electrons. The van der Waals surface area contributed by atoms with Gasteiger partial charge in [0.05, 0.1) is 34.1 Å². The Bertz CT molecular complexity index is 1350. The predicted molar refractivity (Wildman–Crippen MR) is 134 cm³/mol. The Balaban J connectivity index is 2.07. The van der Waals surface area contributed by atoms with Gasteiger partial charge in [-0.15, -0.1) is 10.2 Å². The maximum absolute atomic E-state index is 5.63. The maximum atomic E-state index is 5.63. The van der Waals surface area contributed by atoms with Crippen molar-refractivity contribution in [2.75, 3.05) is 46.4 Å². The van der Waals surface area contributed by atoms with E-state index in [0.29, 0.717) is 34.9 Å². The van der Waals surface area contributed by atoms with E-state index < -0.39 is 0 Å². The molecule has 0 N–H and O–H groups in total. The predicted octanol–water partition coefficient (Wildman–Crippen LogP) is 3.72. The van der Waals surface area contributed by atoms with Gasteiger partial charge in [-0.3, -0.25) is 4.57 Å². The summed E-state index contributed by atoms with van der Waals surface area (Å²) in [6.07, 6.45) is 0. The summed E-state index contributed by atoms with van der Waals surface area (Å²) in [6.45, 7) is 7.75. The number of pyridine rings is 1. The van der Waals surface area contributed by atoms with Crippen molar-refractivity contribution < 1.29 is 23.5 Å². The highest BCUT2D eigenvalue weighted by atomic mass is 16.5. The number of aryl methyl sites for hydroxylation is 1. The SMILES string of the molecule is CCN(CC)c1nnc(-[n+]2c(C)cc3cc(OC)c(OC)cc3c2-c2ccc(OC)c(OC)c2)[n-]1. The van der Waals surface area contributed by atoms with Crippen LogP contribution in [0.5, 0.6) is 23.0 Å². The van der Waals surface area contributed by atoms with Crippen molar-refractivity contribution in [3.05, 3.63) is 42.1 Å². The number of hydrogen-bond acceptors (Lipinski definition) is 7. The molecule has 0 radical (unpaired) electrons. The second-order valence-electron chi connectivity index (χ2n) is 7.92. The monoisotopic (exact) mass is 477 g/mol. The molecule has 0 aliphatic rings. The highest BCUT2D eigenvalue weighted by Crippen LogP contribution is 2.38. The van der Waals surface area contributed by atoms with Crippen molar-refractivity contribution in [2.45, 2.75) is 20.8 Å². The molecule has 0 bridgehead atoms. The Hall–Kier alpha value is -4.01. The standard InChI is InChI=1S/C26H31N5O4/c1-8-30(9-2)25-27-26(29-28-25)31-16(3)12-18-14-22(34-6)23(35-7)15-19(18)24(31)17-10-11-20(32-4)21(13-17)33-5/h10-15H,8-9H2,1-7H3. The Kier molecular flexibility index (Phi) is 6.95. The molecule has 4 rings (SSSR count). The first kappa shape index (κ1) is 24.1. The van der Waals surface area contributed by atoms with E-state index in [1.807, 2.05) is 41.8 Å². The lowest BCUT2D eigenvalue weighted by atomic mass is 10.0. The van der Waals surface area contributed by atoms with Gasteiger partial charge in [0, 0.05) is 29.7 Å². The van der Waals surface area contributed by atoms with Crippen LogP contribution in [-0.4, -0.2) is 51.7 Å². The summed E-state index contributed by atoms with van der Waals surface area (Å²) in [7, 11) is 6.50. The summed E-state index contributed by atoms with van der Waals surface area (Å²) < 4.78 is 24.3. The number of nitrogens with zero attached hydrogens (tertiary/aromatic N) is 5. The van der Waals surface area contributed by atoms with Crippen LogP contribution in [0.25, 0.3) is 28.0 Å². The molecule has 2 heterocycles. The van der Waals surface area contributed by atoms with Crippen LogP contribution in [0, 0.1) is 6.92 Å². The molecule has 0 aliphatic heterocycles. The minimum absolute atomic E-state index is 0.492. The van der Waals surface area contributed by atoms with E-state index in [9.17, 15) is 0 Å². The van der Waals surface area contributed by atoms with Gasteiger partial charge in [0.25, 0.3) is 5.95 Å². The zero-order valence-corrected chi connectivity index (χ0v) is 21.2. The van der Waals surface area contributed by atoms with Crippen LogP contribution in [0.4, 0.5) is 5.95 Å². The zero-order chi connectivity index (χ0) is 25.1. The molecule has 9 nitrogen and oxygen atoms in total. The fourth-order valence-corrected chi connectivity index (χ4v) is 4.29. The summed E-state index contributed by atoms with van der Waals surface area (Å²) in [5.41, 5.74) is 2.71. The molecule has 4 aromatic rings. The summed E-state index contributed by atoms with van der Waals surface area (Å²) in [5, 5.41) is 10.8. The Morgan fingerprint density at radius 2 is 1.43 bits per heavy atom. The molecular formula is C26H31N5O4. The van der Waals surface area contributed by atoms with Crippen molar-refractivity contribution in [1.82, 2.24) is 15.2 Å². The van der Waals surface area contributed by atoms with Gasteiger partial charge in [-0.1, -0.05) is 0 Å². The number of hydrogen-bond donors (Lipinski definition) is 0. The number of anilines is 1. The average Bonchev–Trinajstić information content (AvgIpc) is 3.36. The quantitative estimate of drug-likeness (QED) is 0.337. The number of methoxy groups -OCH3 is 4. The molecule has 0 aliphatic carbocycles. The number of aromatic nitrogens is 4. The lowest BCUT2D eigenvalue weighted by Gasteiger charge is -2.20. The Morgan fingerprint density at radius 3 is 2.06 bits per heavy atom. The highest BCUT2D eigenvalue weighted by Gasteiger charge is 2.21. The van der Waals surface area contributed by atoms with Crippen molar-refractivity contribution in [2.24, 2.45) is 0 Å². The first-order valence-electron chi connectivity index (χ1n) is 11.5. The van der Waals surface area contributed by atoms with Crippen LogP contribution < -0.4 is 33.4 Å². The fraction of sp³-hybridized carbons (Fsp3) is 0.346. The average molecular weight is 478 g/mol. The molecular weight excluding hydrogens is 446 g/mol. The van der Waals surface area contributed by atoms with Crippen molar-refractivity contribution in [3.63, 3.8) is 0 Å². The first-order valence-corrected chi connectivity index (χ1v) is 11.5. The second-order valence-corrected chi connectivity index (χ2v) is 7.92. The van der Waals surface area contributed by atoms with Gasteiger partial charge in [-0.05, 0) is 62.6 Å². The summed E-state index contributed by atoms with van der Waals surface area (Å²) in [6, 6.07) is 11.8. The van der Waals surface area contributed by atoms with Crippen LogP contribution in [0.1, 0.15) is 19.5 Å². The zero-order valence-electron chi connectivity index (χ0n) is 21.2. The topological polar surface area (TPSA) is 83.9 Å². The lowest BCUT2D eigenvalue weighted by molar-refractivity contribution is -0.597. The summed E-state index contributed by atoms with van der Waals surface area (Å²) >= 11 is 0. The molecule has 0 atom stereocenters. The second kappa shape index (κ2) is 10.1. The van der Waals surface area contributed by atoms with E-state index in [4.69, 9.17) is 23.9 Å². The summed E-state index contributed by atoms with van der Waals surface area (Å²) in [4.78, 5) is 6.85. The van der Waals surface area contributed by atoms with Crippen molar-refractivity contribution >= 4 is 16.7 Å². The van der Waals surface area contributed by atoms with Crippen molar-refractivity contribution in [3.8, 4) is 40.2 Å². The Morgan fingerprint density at radius 1 is 0.800 bits per heavy atom. The van der Waals surface area contributed by atoms with Gasteiger partial charge in [0.15, 0.2) is 23.0 Å². The third-order valence-corrected chi connectivity index (χ3v) is 6.08. The molecule has 0 saturated carbocycles. The molecule has 2 aromatic heterocycles. The van der Waals surface area contributed by atoms with Crippen LogP contribution in [-0.2, 0) is 0 Å². The first-order chi connectivity index (χ1) is 17.0. The third-order valence-electron chi connectivity index (χ3n) is 6.08. The molecule has 0 saturated heterocycles. The van der Waals surface area contributed by atoms with E-state index >= 15 is 0 Å². The maximum Gasteiger partial charge on any atom is 0.257 e. The van der Waals surface area contributed by atoms with Crippen molar-refractivity contribution in [1.29, 1.82) is 0 Å². The smallest absolute Gasteiger partial charge is 0.257 e. The van der Waals surface area contributed by atoms with Gasteiger partial charge in [-0.25, -0.2) is 0 Å². The largest absolute Gasteiger partial charge is 0.493 e. The number of ether oxygens (including phenoxy) is 4. The van der Waals surface area contributed by atoms with Gasteiger partial charge < -0.3 is 23.8 Å². The minimum atomic E-state index is 0.492. The molecule has 0 spiro atoms. The van der Waals surface area contributed by atoms with E-state index in [2.05, 4.69) is 35.0 Å². The summed E-state index contributed by atoms with van der Waals surface area (Å²) in [5.74, 6) is 3.65. The third kappa shape index (κ3) is 4.29. The number of benzene rings is 2.